The largest absolute Gasteiger partial charge is 0.369 e. The number of primary amides is 1. The van der Waals surface area contributed by atoms with Crippen molar-refractivity contribution in [2.24, 2.45) is 17.4 Å². The molecule has 8 nitrogen and oxygen atoms in total. The van der Waals surface area contributed by atoms with Crippen LogP contribution < -0.4 is 21.5 Å². The number of amides is 2. The van der Waals surface area contributed by atoms with Crippen LogP contribution >= 0.6 is 0 Å². The monoisotopic (exact) mass is 494 g/mol. The summed E-state index contributed by atoms with van der Waals surface area (Å²) in [5.74, 6) is -1.65. The molecule has 0 spiro atoms. The lowest BCUT2D eigenvalue weighted by molar-refractivity contribution is -0.126. The van der Waals surface area contributed by atoms with E-state index in [0.717, 1.165) is 22.1 Å². The first kappa shape index (κ1) is 24.8. The van der Waals surface area contributed by atoms with Gasteiger partial charge >= 0.3 is 0 Å². The van der Waals surface area contributed by atoms with Gasteiger partial charge in [0.25, 0.3) is 0 Å². The van der Waals surface area contributed by atoms with Gasteiger partial charge in [-0.15, -0.1) is 0 Å². The minimum Gasteiger partial charge on any atom is -0.369 e. The molecular weight excluding hydrogens is 464 g/mol. The number of carbonyl (C=O) groups is 2. The molecule has 3 aromatic rings. The molecule has 3 unspecified atom stereocenters. The van der Waals surface area contributed by atoms with Crippen molar-refractivity contribution in [1.29, 1.82) is 0 Å². The van der Waals surface area contributed by atoms with E-state index in [2.05, 4.69) is 10.0 Å². The molecule has 0 bridgehead atoms. The van der Waals surface area contributed by atoms with Gasteiger partial charge in [0.2, 0.25) is 21.8 Å². The summed E-state index contributed by atoms with van der Waals surface area (Å²) in [4.78, 5) is 25.6. The number of sulfonamides is 1. The summed E-state index contributed by atoms with van der Waals surface area (Å²) in [6.45, 7) is 2.22. The molecule has 0 radical (unpaired) electrons. The van der Waals surface area contributed by atoms with Crippen LogP contribution in [-0.4, -0.2) is 32.8 Å². The molecular formula is C26H30N4O4S. The predicted molar refractivity (Wildman–Crippen MR) is 135 cm³/mol. The Morgan fingerprint density at radius 3 is 2.43 bits per heavy atom. The summed E-state index contributed by atoms with van der Waals surface area (Å²) in [7, 11) is -4.05. The summed E-state index contributed by atoms with van der Waals surface area (Å²) in [5.41, 5.74) is 14.0. The van der Waals surface area contributed by atoms with Crippen molar-refractivity contribution in [3.63, 3.8) is 0 Å². The normalized spacial score (nSPS) is 18.2. The van der Waals surface area contributed by atoms with Gasteiger partial charge < -0.3 is 16.8 Å². The van der Waals surface area contributed by atoms with Gasteiger partial charge in [-0.1, -0.05) is 54.6 Å². The van der Waals surface area contributed by atoms with E-state index >= 15 is 0 Å². The van der Waals surface area contributed by atoms with Crippen LogP contribution in [0.3, 0.4) is 0 Å². The average molecular weight is 495 g/mol. The molecule has 9 heteroatoms. The van der Waals surface area contributed by atoms with Gasteiger partial charge in [-0.2, -0.15) is 4.72 Å². The van der Waals surface area contributed by atoms with Crippen LogP contribution in [0.25, 0.3) is 10.8 Å². The highest BCUT2D eigenvalue weighted by Crippen LogP contribution is 2.36. The van der Waals surface area contributed by atoms with Gasteiger partial charge in [0.05, 0.1) is 16.9 Å². The smallest absolute Gasteiger partial charge is 0.241 e. The first-order chi connectivity index (χ1) is 16.7. The zero-order chi connectivity index (χ0) is 25.2. The Morgan fingerprint density at radius 2 is 1.71 bits per heavy atom. The number of nitrogens with one attached hydrogen (secondary N) is 2. The number of hydrogen-bond donors (Lipinski definition) is 4. The first-order valence-electron chi connectivity index (χ1n) is 11.6. The molecule has 0 heterocycles. The van der Waals surface area contributed by atoms with Gasteiger partial charge in [0.1, 0.15) is 6.04 Å². The summed E-state index contributed by atoms with van der Waals surface area (Å²) < 4.78 is 29.5. The maximum Gasteiger partial charge on any atom is 0.241 e. The van der Waals surface area contributed by atoms with Gasteiger partial charge in [-0.25, -0.2) is 8.42 Å². The highest BCUT2D eigenvalue weighted by molar-refractivity contribution is 7.89. The second-order valence-electron chi connectivity index (χ2n) is 8.93. The molecule has 3 aromatic carbocycles. The molecule has 0 saturated heterocycles. The van der Waals surface area contributed by atoms with Crippen molar-refractivity contribution in [3.8, 4) is 0 Å². The summed E-state index contributed by atoms with van der Waals surface area (Å²) in [5, 5.41) is 4.29. The molecule has 1 aliphatic rings. The van der Waals surface area contributed by atoms with Crippen LogP contribution in [0.2, 0.25) is 0 Å². The van der Waals surface area contributed by atoms with E-state index in [1.54, 1.807) is 24.3 Å². The second kappa shape index (κ2) is 10.2. The lowest BCUT2D eigenvalue weighted by Crippen LogP contribution is -2.49. The number of hydrogen-bond acceptors (Lipinski definition) is 5. The number of nitrogens with two attached hydrogens (primary N) is 2. The Bertz CT molecular complexity index is 1370. The van der Waals surface area contributed by atoms with E-state index < -0.39 is 39.8 Å². The molecule has 4 rings (SSSR count). The first-order valence-corrected chi connectivity index (χ1v) is 13.1. The molecule has 0 fully saturated rings. The lowest BCUT2D eigenvalue weighted by Gasteiger charge is -2.24. The van der Waals surface area contributed by atoms with Crippen LogP contribution in [0.1, 0.15) is 35.6 Å². The number of rotatable bonds is 9. The van der Waals surface area contributed by atoms with E-state index in [4.69, 9.17) is 11.5 Å². The molecule has 3 atom stereocenters. The molecule has 0 saturated carbocycles. The van der Waals surface area contributed by atoms with Crippen LogP contribution in [0.5, 0.6) is 0 Å². The molecule has 1 aliphatic carbocycles. The van der Waals surface area contributed by atoms with E-state index in [9.17, 15) is 18.0 Å². The fourth-order valence-electron chi connectivity index (χ4n) is 4.76. The minimum atomic E-state index is -4.05. The average Bonchev–Trinajstić information content (AvgIpc) is 3.20. The summed E-state index contributed by atoms with van der Waals surface area (Å²) in [6, 6.07) is 16.3. The van der Waals surface area contributed by atoms with Gasteiger partial charge in [0, 0.05) is 5.39 Å². The van der Waals surface area contributed by atoms with Crippen molar-refractivity contribution in [1.82, 2.24) is 10.0 Å². The Labute approximate surface area is 205 Å². The maximum atomic E-state index is 13.4. The second-order valence-corrected chi connectivity index (χ2v) is 10.6. The number of carbonyl (C=O) groups excluding carboxylic acids is 2. The molecule has 184 valence electrons. The molecule has 0 aromatic heterocycles. The lowest BCUT2D eigenvalue weighted by atomic mass is 9.99. The third-order valence-electron chi connectivity index (χ3n) is 6.60. The van der Waals surface area contributed by atoms with Gasteiger partial charge in [-0.05, 0) is 60.9 Å². The third kappa shape index (κ3) is 5.07. The van der Waals surface area contributed by atoms with Crippen LogP contribution in [0, 0.1) is 12.8 Å². The molecule has 6 N–H and O–H groups in total. The Morgan fingerprint density at radius 1 is 1.03 bits per heavy atom. The summed E-state index contributed by atoms with van der Waals surface area (Å²) >= 11 is 0. The number of aryl methyl sites for hydroxylation is 1. The van der Waals surface area contributed by atoms with Gasteiger partial charge in [0.15, 0.2) is 0 Å². The van der Waals surface area contributed by atoms with Crippen molar-refractivity contribution in [3.05, 3.63) is 77.4 Å². The van der Waals surface area contributed by atoms with Crippen molar-refractivity contribution < 1.29 is 18.0 Å². The third-order valence-corrected chi connectivity index (χ3v) is 8.13. The Hall–Kier alpha value is -3.27. The number of benzene rings is 3. The quantitative estimate of drug-likeness (QED) is 0.360. The minimum absolute atomic E-state index is 0.102. The Balaban J connectivity index is 1.63. The topological polar surface area (TPSA) is 144 Å². The SMILES string of the molecule is Cc1ccc(S(=O)(=O)NC(CCCN)C(=O)NC2c3ccccc3CC2C(N)=O)c2ccccc12. The maximum absolute atomic E-state index is 13.4. The van der Waals surface area contributed by atoms with Crippen LogP contribution in [0.15, 0.2) is 65.6 Å². The van der Waals surface area contributed by atoms with Crippen LogP contribution in [0.4, 0.5) is 0 Å². The summed E-state index contributed by atoms with van der Waals surface area (Å²) in [6.07, 6.45) is 1.07. The zero-order valence-electron chi connectivity index (χ0n) is 19.5. The van der Waals surface area contributed by atoms with Crippen LogP contribution in [-0.2, 0) is 26.0 Å². The van der Waals surface area contributed by atoms with Crippen molar-refractivity contribution in [2.45, 2.75) is 43.2 Å². The Kier molecular flexibility index (Phi) is 7.20. The fraction of sp³-hybridized carbons (Fsp3) is 0.308. The molecule has 35 heavy (non-hydrogen) atoms. The van der Waals surface area contributed by atoms with Crippen molar-refractivity contribution in [2.75, 3.05) is 6.54 Å². The molecule has 0 aliphatic heterocycles. The van der Waals surface area contributed by atoms with E-state index in [0.29, 0.717) is 24.8 Å². The molecule has 2 amide bonds. The fourth-order valence-corrected chi connectivity index (χ4v) is 6.21. The zero-order valence-corrected chi connectivity index (χ0v) is 20.3. The predicted octanol–water partition coefficient (Wildman–Crippen LogP) is 2.05. The standard InChI is InChI=1S/C26H30N4O4S/c1-16-12-13-23(20-10-5-4-8-18(16)20)35(33,34)30-22(11-6-14-27)26(32)29-24-19-9-3-2-7-17(19)15-21(24)25(28)31/h2-5,7-10,12-13,21-22,24,30H,6,11,14-15,27H2,1H3,(H2,28,31)(H,29,32). The van der Waals surface area contributed by atoms with Crippen molar-refractivity contribution >= 4 is 32.6 Å². The van der Waals surface area contributed by atoms with E-state index in [1.807, 2.05) is 43.3 Å². The number of fused-ring (bicyclic) bond motifs is 2. The van der Waals surface area contributed by atoms with E-state index in [1.165, 1.54) is 0 Å². The highest BCUT2D eigenvalue weighted by atomic mass is 32.2. The highest BCUT2D eigenvalue weighted by Gasteiger charge is 2.38. The van der Waals surface area contributed by atoms with E-state index in [-0.39, 0.29) is 11.3 Å². The van der Waals surface area contributed by atoms with Gasteiger partial charge in [-0.3, -0.25) is 9.59 Å².